The van der Waals surface area contributed by atoms with Crippen LogP contribution in [0.4, 0.5) is 11.6 Å². The number of hydrogen-bond acceptors (Lipinski definition) is 5. The summed E-state index contributed by atoms with van der Waals surface area (Å²) in [6.45, 7) is 5.21. The first-order valence-corrected chi connectivity index (χ1v) is 5.31. The lowest BCUT2D eigenvalue weighted by atomic mass is 10.4. The van der Waals surface area contributed by atoms with Gasteiger partial charge in [0.2, 0.25) is 11.9 Å². The van der Waals surface area contributed by atoms with Gasteiger partial charge in [0.05, 0.1) is 18.1 Å². The largest absolute Gasteiger partial charge is 0.338 e. The topological polar surface area (TPSA) is 70.2 Å². The van der Waals surface area contributed by atoms with Gasteiger partial charge in [-0.05, 0) is 0 Å². The molecule has 94 valence electrons. The summed E-state index contributed by atoms with van der Waals surface area (Å²) in [7, 11) is 0. The van der Waals surface area contributed by atoms with Gasteiger partial charge in [-0.25, -0.2) is 9.97 Å². The summed E-state index contributed by atoms with van der Waals surface area (Å²) in [5.41, 5.74) is 0.631. The average Bonchev–Trinajstić information content (AvgIpc) is 2.30. The molecule has 1 aliphatic rings. The molecule has 0 aliphatic carbocycles. The molecule has 0 aromatic carbocycles. The van der Waals surface area contributed by atoms with Crippen LogP contribution in [0.5, 0.6) is 0 Å². The second kappa shape index (κ2) is 6.36. The number of carbonyl (C=O) groups excluding carboxylic acids is 1. The Bertz CT molecular complexity index is 363. The lowest BCUT2D eigenvalue weighted by Gasteiger charge is -2.27. The van der Waals surface area contributed by atoms with Crippen molar-refractivity contribution in [2.24, 2.45) is 0 Å². The molecule has 0 atom stereocenters. The summed E-state index contributed by atoms with van der Waals surface area (Å²) >= 11 is 0. The third-order valence-electron chi connectivity index (χ3n) is 2.36. The lowest BCUT2D eigenvalue weighted by Crippen LogP contribution is -2.44. The van der Waals surface area contributed by atoms with Crippen LogP contribution >= 0.6 is 12.4 Å². The Balaban J connectivity index is 0.00000144. The van der Waals surface area contributed by atoms with Crippen LogP contribution in [0.15, 0.2) is 12.4 Å². The number of anilines is 2. The van der Waals surface area contributed by atoms with Crippen molar-refractivity contribution in [2.75, 3.05) is 36.4 Å². The molecule has 1 fully saturated rings. The fourth-order valence-corrected chi connectivity index (χ4v) is 1.62. The zero-order valence-electron chi connectivity index (χ0n) is 9.64. The van der Waals surface area contributed by atoms with Gasteiger partial charge >= 0.3 is 0 Å². The first kappa shape index (κ1) is 13.7. The summed E-state index contributed by atoms with van der Waals surface area (Å²) in [5.74, 6) is 0.606. The maximum Gasteiger partial charge on any atom is 0.225 e. The third-order valence-corrected chi connectivity index (χ3v) is 2.36. The van der Waals surface area contributed by atoms with Crippen molar-refractivity contribution in [2.45, 2.75) is 6.92 Å². The zero-order valence-corrected chi connectivity index (χ0v) is 10.5. The van der Waals surface area contributed by atoms with E-state index in [1.54, 1.807) is 12.4 Å². The summed E-state index contributed by atoms with van der Waals surface area (Å²) < 4.78 is 0. The third kappa shape index (κ3) is 3.83. The minimum atomic E-state index is -0.112. The van der Waals surface area contributed by atoms with Crippen molar-refractivity contribution >= 4 is 29.9 Å². The van der Waals surface area contributed by atoms with Crippen molar-refractivity contribution in [3.8, 4) is 0 Å². The van der Waals surface area contributed by atoms with Crippen molar-refractivity contribution in [1.82, 2.24) is 15.3 Å². The van der Waals surface area contributed by atoms with Crippen molar-refractivity contribution in [1.29, 1.82) is 0 Å². The van der Waals surface area contributed by atoms with Gasteiger partial charge in [-0.3, -0.25) is 4.79 Å². The number of piperazine rings is 1. The van der Waals surface area contributed by atoms with Crippen LogP contribution in [0.1, 0.15) is 6.92 Å². The minimum Gasteiger partial charge on any atom is -0.338 e. The van der Waals surface area contributed by atoms with E-state index in [4.69, 9.17) is 0 Å². The van der Waals surface area contributed by atoms with E-state index < -0.39 is 0 Å². The first-order chi connectivity index (χ1) is 7.75. The SMILES string of the molecule is CC(=O)Nc1cnc(N2CCNCC2)nc1.Cl. The number of halogens is 1. The standard InChI is InChI=1S/C10H15N5O.ClH/c1-8(16)14-9-6-12-10(13-7-9)15-4-2-11-3-5-15;/h6-7,11H,2-5H2,1H3,(H,14,16);1H. The molecule has 17 heavy (non-hydrogen) atoms. The summed E-state index contributed by atoms with van der Waals surface area (Å²) in [4.78, 5) is 21.4. The van der Waals surface area contributed by atoms with E-state index in [1.165, 1.54) is 6.92 Å². The Kier molecular flexibility index (Phi) is 5.11. The molecule has 1 amide bonds. The molecule has 1 aliphatic heterocycles. The lowest BCUT2D eigenvalue weighted by molar-refractivity contribution is -0.114. The predicted molar refractivity (Wildman–Crippen MR) is 68.7 cm³/mol. The van der Waals surface area contributed by atoms with Crippen molar-refractivity contribution in [3.63, 3.8) is 0 Å². The Morgan fingerprint density at radius 1 is 1.35 bits per heavy atom. The fraction of sp³-hybridized carbons (Fsp3) is 0.500. The summed E-state index contributed by atoms with van der Waals surface area (Å²) in [6.07, 6.45) is 3.26. The van der Waals surface area contributed by atoms with E-state index in [9.17, 15) is 4.79 Å². The number of nitrogens with zero attached hydrogens (tertiary/aromatic N) is 3. The number of amides is 1. The van der Waals surface area contributed by atoms with Gasteiger partial charge in [-0.15, -0.1) is 12.4 Å². The maximum atomic E-state index is 10.8. The van der Waals surface area contributed by atoms with Crippen LogP contribution in [-0.4, -0.2) is 42.1 Å². The van der Waals surface area contributed by atoms with Crippen LogP contribution in [0.25, 0.3) is 0 Å². The van der Waals surface area contributed by atoms with Crippen LogP contribution in [-0.2, 0) is 4.79 Å². The zero-order chi connectivity index (χ0) is 11.4. The van der Waals surface area contributed by atoms with E-state index in [1.807, 2.05) is 0 Å². The van der Waals surface area contributed by atoms with Gasteiger partial charge < -0.3 is 15.5 Å². The molecule has 2 N–H and O–H groups in total. The molecule has 0 unspecified atom stereocenters. The number of hydrogen-bond donors (Lipinski definition) is 2. The van der Waals surface area contributed by atoms with Gasteiger partial charge in [0.1, 0.15) is 0 Å². The molecular formula is C10H16ClN5O. The van der Waals surface area contributed by atoms with E-state index in [0.717, 1.165) is 32.1 Å². The second-order valence-corrected chi connectivity index (χ2v) is 3.69. The molecule has 6 nitrogen and oxygen atoms in total. The maximum absolute atomic E-state index is 10.8. The molecule has 1 saturated heterocycles. The molecule has 7 heteroatoms. The Morgan fingerprint density at radius 3 is 2.47 bits per heavy atom. The van der Waals surface area contributed by atoms with Gasteiger partial charge in [-0.1, -0.05) is 0 Å². The molecule has 1 aromatic rings. The smallest absolute Gasteiger partial charge is 0.225 e. The summed E-state index contributed by atoms with van der Waals surface area (Å²) in [6, 6.07) is 0. The van der Waals surface area contributed by atoms with E-state index >= 15 is 0 Å². The highest BCUT2D eigenvalue weighted by molar-refractivity contribution is 5.88. The normalized spacial score (nSPS) is 15.0. The quantitative estimate of drug-likeness (QED) is 0.796. The fourth-order valence-electron chi connectivity index (χ4n) is 1.62. The van der Waals surface area contributed by atoms with Crippen LogP contribution in [0, 0.1) is 0 Å². The van der Waals surface area contributed by atoms with Gasteiger partial charge in [0.25, 0.3) is 0 Å². The minimum absolute atomic E-state index is 0. The number of nitrogens with one attached hydrogen (secondary N) is 2. The van der Waals surface area contributed by atoms with E-state index in [0.29, 0.717) is 5.69 Å². The van der Waals surface area contributed by atoms with Crippen LogP contribution in [0.3, 0.4) is 0 Å². The molecule has 0 spiro atoms. The molecule has 2 heterocycles. The predicted octanol–water partition coefficient (Wildman–Crippen LogP) is 0.266. The average molecular weight is 258 g/mol. The Morgan fingerprint density at radius 2 is 1.94 bits per heavy atom. The molecule has 2 rings (SSSR count). The number of carbonyl (C=O) groups is 1. The number of aromatic nitrogens is 2. The van der Waals surface area contributed by atoms with Gasteiger partial charge in [0, 0.05) is 33.1 Å². The van der Waals surface area contributed by atoms with Crippen molar-refractivity contribution in [3.05, 3.63) is 12.4 Å². The van der Waals surface area contributed by atoms with Gasteiger partial charge in [0.15, 0.2) is 0 Å². The van der Waals surface area contributed by atoms with E-state index in [2.05, 4.69) is 25.5 Å². The molecule has 0 bridgehead atoms. The monoisotopic (exact) mass is 257 g/mol. The Labute approximate surface area is 106 Å². The summed E-state index contributed by atoms with van der Waals surface area (Å²) in [5, 5.41) is 5.91. The highest BCUT2D eigenvalue weighted by atomic mass is 35.5. The molecule has 0 saturated carbocycles. The van der Waals surface area contributed by atoms with Gasteiger partial charge in [-0.2, -0.15) is 0 Å². The highest BCUT2D eigenvalue weighted by Gasteiger charge is 2.12. The molecule has 1 aromatic heterocycles. The Hall–Kier alpha value is -1.40. The van der Waals surface area contributed by atoms with E-state index in [-0.39, 0.29) is 18.3 Å². The van der Waals surface area contributed by atoms with Crippen LogP contribution in [0.2, 0.25) is 0 Å². The van der Waals surface area contributed by atoms with Crippen LogP contribution < -0.4 is 15.5 Å². The molecule has 0 radical (unpaired) electrons. The number of rotatable bonds is 2. The van der Waals surface area contributed by atoms with Crippen molar-refractivity contribution < 1.29 is 4.79 Å². The highest BCUT2D eigenvalue weighted by Crippen LogP contribution is 2.10. The molecular weight excluding hydrogens is 242 g/mol. The second-order valence-electron chi connectivity index (χ2n) is 3.69. The first-order valence-electron chi connectivity index (χ1n) is 5.31.